The molecule has 0 bridgehead atoms. The lowest BCUT2D eigenvalue weighted by atomic mass is 10.1. The molecule has 0 heterocycles. The lowest BCUT2D eigenvalue weighted by Crippen LogP contribution is -2.26. The molecule has 0 spiro atoms. The van der Waals surface area contributed by atoms with Crippen LogP contribution in [0, 0.1) is 0 Å². The molecular weight excluding hydrogens is 262 g/mol. The highest BCUT2D eigenvalue weighted by Crippen LogP contribution is 2.07. The average molecular weight is 289 g/mol. The van der Waals surface area contributed by atoms with Crippen LogP contribution >= 0.6 is 0 Å². The highest BCUT2D eigenvalue weighted by atomic mass is 16.1. The smallest absolute Gasteiger partial charge is 0.209 e. The first-order valence-corrected chi connectivity index (χ1v) is 8.05. The van der Waals surface area contributed by atoms with Crippen LogP contribution < -0.4 is 0 Å². The molecule has 1 aromatic carbocycles. The van der Waals surface area contributed by atoms with E-state index >= 15 is 0 Å². The number of hydrogen-bond donors (Lipinski definition) is 0. The minimum absolute atomic E-state index is 0.102. The van der Waals surface area contributed by atoms with Gasteiger partial charge in [-0.2, -0.15) is 0 Å². The van der Waals surface area contributed by atoms with Gasteiger partial charge in [-0.25, -0.2) is 0 Å². The maximum atomic E-state index is 12.0. The van der Waals surface area contributed by atoms with E-state index in [0.29, 0.717) is 13.0 Å². The van der Waals surface area contributed by atoms with Gasteiger partial charge in [-0.15, -0.1) is 0 Å². The maximum Gasteiger partial charge on any atom is 0.209 e. The van der Waals surface area contributed by atoms with E-state index in [9.17, 15) is 9.59 Å². The van der Waals surface area contributed by atoms with Crippen LogP contribution in [0.3, 0.4) is 0 Å². The van der Waals surface area contributed by atoms with E-state index in [1.54, 1.807) is 4.90 Å². The molecule has 1 rings (SSSR count). The van der Waals surface area contributed by atoms with Gasteiger partial charge in [0.15, 0.2) is 5.78 Å². The van der Waals surface area contributed by atoms with E-state index < -0.39 is 0 Å². The fourth-order valence-electron chi connectivity index (χ4n) is 2.33. The zero-order valence-corrected chi connectivity index (χ0v) is 13.1. The van der Waals surface area contributed by atoms with Crippen LogP contribution in [-0.2, 0) is 4.79 Å². The van der Waals surface area contributed by atoms with Crippen LogP contribution in [0.4, 0.5) is 0 Å². The van der Waals surface area contributed by atoms with Gasteiger partial charge in [-0.05, 0) is 6.42 Å². The number of Topliss-reactive ketones (excluding diaryl/α,β-unsaturated/α-hetero) is 1. The number of carbonyl (C=O) groups is 2. The molecule has 0 N–H and O–H groups in total. The van der Waals surface area contributed by atoms with Gasteiger partial charge in [-0.3, -0.25) is 9.59 Å². The molecule has 0 saturated carbocycles. The van der Waals surface area contributed by atoms with Crippen LogP contribution in [-0.4, -0.2) is 30.2 Å². The summed E-state index contributed by atoms with van der Waals surface area (Å²) in [7, 11) is 0. The quantitative estimate of drug-likeness (QED) is 0.330. The number of amides is 1. The van der Waals surface area contributed by atoms with E-state index in [0.717, 1.165) is 31.4 Å². The SMILES string of the molecule is CCCCCCCCN(C=O)CCC(=O)c1ccccc1. The summed E-state index contributed by atoms with van der Waals surface area (Å²) < 4.78 is 0. The lowest BCUT2D eigenvalue weighted by molar-refractivity contribution is -0.118. The third-order valence-corrected chi connectivity index (χ3v) is 3.67. The minimum Gasteiger partial charge on any atom is -0.345 e. The van der Waals surface area contributed by atoms with Crippen molar-refractivity contribution in [2.45, 2.75) is 51.9 Å². The van der Waals surface area contributed by atoms with Gasteiger partial charge in [0, 0.05) is 25.1 Å². The zero-order chi connectivity index (χ0) is 15.3. The van der Waals surface area contributed by atoms with Crippen molar-refractivity contribution in [2.24, 2.45) is 0 Å². The highest BCUT2D eigenvalue weighted by molar-refractivity contribution is 5.96. The van der Waals surface area contributed by atoms with Crippen molar-refractivity contribution in [1.82, 2.24) is 4.90 Å². The van der Waals surface area contributed by atoms with Crippen LogP contribution in [0.25, 0.3) is 0 Å². The molecule has 0 aliphatic heterocycles. The summed E-state index contributed by atoms with van der Waals surface area (Å²) in [5.74, 6) is 0.102. The summed E-state index contributed by atoms with van der Waals surface area (Å²) >= 11 is 0. The van der Waals surface area contributed by atoms with Gasteiger partial charge >= 0.3 is 0 Å². The summed E-state index contributed by atoms with van der Waals surface area (Å²) in [6.07, 6.45) is 8.53. The molecule has 0 saturated heterocycles. The van der Waals surface area contributed by atoms with Crippen molar-refractivity contribution in [3.63, 3.8) is 0 Å². The second-order valence-corrected chi connectivity index (χ2v) is 5.45. The lowest BCUT2D eigenvalue weighted by Gasteiger charge is -2.16. The number of nitrogens with zero attached hydrogens (tertiary/aromatic N) is 1. The molecular formula is C18H27NO2. The van der Waals surface area contributed by atoms with Crippen molar-refractivity contribution >= 4 is 12.2 Å². The molecule has 0 radical (unpaired) electrons. The number of hydrogen-bond acceptors (Lipinski definition) is 2. The normalized spacial score (nSPS) is 10.3. The second-order valence-electron chi connectivity index (χ2n) is 5.45. The van der Waals surface area contributed by atoms with E-state index in [-0.39, 0.29) is 5.78 Å². The Morgan fingerprint density at radius 2 is 1.67 bits per heavy atom. The first-order valence-electron chi connectivity index (χ1n) is 8.05. The van der Waals surface area contributed by atoms with E-state index in [1.165, 1.54) is 25.7 Å². The highest BCUT2D eigenvalue weighted by Gasteiger charge is 2.08. The summed E-state index contributed by atoms with van der Waals surface area (Å²) in [6.45, 7) is 3.49. The predicted octanol–water partition coefficient (Wildman–Crippen LogP) is 4.08. The van der Waals surface area contributed by atoms with Crippen LogP contribution in [0.2, 0.25) is 0 Å². The maximum absolute atomic E-state index is 12.0. The molecule has 3 nitrogen and oxygen atoms in total. The third-order valence-electron chi connectivity index (χ3n) is 3.67. The van der Waals surface area contributed by atoms with Gasteiger partial charge in [0.25, 0.3) is 0 Å². The van der Waals surface area contributed by atoms with Gasteiger partial charge in [-0.1, -0.05) is 69.4 Å². The van der Waals surface area contributed by atoms with Crippen molar-refractivity contribution in [3.05, 3.63) is 35.9 Å². The van der Waals surface area contributed by atoms with Crippen molar-refractivity contribution < 1.29 is 9.59 Å². The van der Waals surface area contributed by atoms with Crippen molar-refractivity contribution in [1.29, 1.82) is 0 Å². The Kier molecular flexibility index (Phi) is 9.18. The molecule has 0 aliphatic carbocycles. The molecule has 0 aromatic heterocycles. The number of unbranched alkanes of at least 4 members (excludes halogenated alkanes) is 5. The summed E-state index contributed by atoms with van der Waals surface area (Å²) in [5, 5.41) is 0. The van der Waals surface area contributed by atoms with E-state index in [4.69, 9.17) is 0 Å². The minimum atomic E-state index is 0.102. The van der Waals surface area contributed by atoms with Crippen LogP contribution in [0.15, 0.2) is 30.3 Å². The van der Waals surface area contributed by atoms with Gasteiger partial charge in [0.2, 0.25) is 6.41 Å². The van der Waals surface area contributed by atoms with E-state index in [2.05, 4.69) is 6.92 Å². The largest absolute Gasteiger partial charge is 0.345 e. The first kappa shape index (κ1) is 17.4. The number of benzene rings is 1. The molecule has 0 fully saturated rings. The number of rotatable bonds is 12. The zero-order valence-electron chi connectivity index (χ0n) is 13.1. The Morgan fingerprint density at radius 3 is 2.33 bits per heavy atom. The average Bonchev–Trinajstić information content (AvgIpc) is 2.54. The van der Waals surface area contributed by atoms with Gasteiger partial charge in [0.05, 0.1) is 0 Å². The molecule has 0 unspecified atom stereocenters. The van der Waals surface area contributed by atoms with Crippen molar-refractivity contribution in [2.75, 3.05) is 13.1 Å². The summed E-state index contributed by atoms with van der Waals surface area (Å²) in [5.41, 5.74) is 0.725. The molecule has 3 heteroatoms. The van der Waals surface area contributed by atoms with Gasteiger partial charge < -0.3 is 4.90 Å². The Hall–Kier alpha value is -1.64. The summed E-state index contributed by atoms with van der Waals surface area (Å²) in [4.78, 5) is 24.7. The van der Waals surface area contributed by atoms with Crippen LogP contribution in [0.5, 0.6) is 0 Å². The molecule has 0 aliphatic rings. The fraction of sp³-hybridized carbons (Fsp3) is 0.556. The van der Waals surface area contributed by atoms with Gasteiger partial charge in [0.1, 0.15) is 0 Å². The molecule has 21 heavy (non-hydrogen) atoms. The summed E-state index contributed by atoms with van der Waals surface area (Å²) in [6, 6.07) is 9.26. The fourth-order valence-corrected chi connectivity index (χ4v) is 2.33. The Bertz CT molecular complexity index is 403. The predicted molar refractivity (Wildman–Crippen MR) is 86.4 cm³/mol. The number of carbonyl (C=O) groups excluding carboxylic acids is 2. The van der Waals surface area contributed by atoms with Crippen LogP contribution in [0.1, 0.15) is 62.2 Å². The molecule has 1 aromatic rings. The topological polar surface area (TPSA) is 37.4 Å². The van der Waals surface area contributed by atoms with E-state index in [1.807, 2.05) is 30.3 Å². The molecule has 0 atom stereocenters. The monoisotopic (exact) mass is 289 g/mol. The standard InChI is InChI=1S/C18H27NO2/c1-2-3-4-5-6-10-14-19(16-20)15-13-18(21)17-11-8-7-9-12-17/h7-9,11-12,16H,2-6,10,13-15H2,1H3. The second kappa shape index (κ2) is 11.1. The first-order chi connectivity index (χ1) is 10.3. The Morgan fingerprint density at radius 1 is 1.00 bits per heavy atom. The Balaban J connectivity index is 2.19. The molecule has 116 valence electrons. The van der Waals surface area contributed by atoms with Crippen molar-refractivity contribution in [3.8, 4) is 0 Å². The Labute approximate surface area is 128 Å². The third kappa shape index (κ3) is 7.64. The number of ketones is 1. The molecule has 1 amide bonds.